The molecule has 0 radical (unpaired) electrons. The lowest BCUT2D eigenvalue weighted by atomic mass is 10.0. The average molecular weight is 268 g/mol. The molecule has 0 saturated heterocycles. The Morgan fingerprint density at radius 2 is 2.11 bits per heavy atom. The lowest BCUT2D eigenvalue weighted by Gasteiger charge is -2.24. The fourth-order valence-corrected chi connectivity index (χ4v) is 2.32. The first-order valence-electron chi connectivity index (χ1n) is 6.40. The van der Waals surface area contributed by atoms with E-state index in [4.69, 9.17) is 0 Å². The van der Waals surface area contributed by atoms with Gasteiger partial charge in [-0.15, -0.1) is 0 Å². The van der Waals surface area contributed by atoms with Gasteiger partial charge >= 0.3 is 0 Å². The van der Waals surface area contributed by atoms with Crippen molar-refractivity contribution >= 4 is 23.4 Å². The molecule has 0 bridgehead atoms. The van der Waals surface area contributed by atoms with Gasteiger partial charge in [0.2, 0.25) is 0 Å². The molecule has 5 heteroatoms. The number of anilines is 2. The van der Waals surface area contributed by atoms with Crippen molar-refractivity contribution in [2.45, 2.75) is 26.7 Å². The number of thioether (sulfide) groups is 1. The topological polar surface area (TPSA) is 41.1 Å². The van der Waals surface area contributed by atoms with Crippen LogP contribution in [-0.4, -0.2) is 42.1 Å². The van der Waals surface area contributed by atoms with Crippen LogP contribution in [0.2, 0.25) is 0 Å². The molecule has 0 aliphatic carbocycles. The van der Waals surface area contributed by atoms with Gasteiger partial charge in [0.25, 0.3) is 0 Å². The lowest BCUT2D eigenvalue weighted by Crippen LogP contribution is -2.24. The summed E-state index contributed by atoms with van der Waals surface area (Å²) in [5.74, 6) is 3.53. The monoisotopic (exact) mass is 268 g/mol. The molecule has 1 N–H and O–H groups in total. The van der Waals surface area contributed by atoms with Crippen LogP contribution in [0.3, 0.4) is 0 Å². The van der Waals surface area contributed by atoms with Crippen molar-refractivity contribution in [3.05, 3.63) is 11.9 Å². The summed E-state index contributed by atoms with van der Waals surface area (Å²) in [7, 11) is 2.10. The molecule has 0 unspecified atom stereocenters. The Morgan fingerprint density at radius 3 is 2.67 bits per heavy atom. The summed E-state index contributed by atoms with van der Waals surface area (Å²) < 4.78 is 0. The van der Waals surface area contributed by atoms with Gasteiger partial charge < -0.3 is 10.2 Å². The van der Waals surface area contributed by atoms with Gasteiger partial charge in [-0.25, -0.2) is 9.97 Å². The maximum Gasteiger partial charge on any atom is 0.137 e. The quantitative estimate of drug-likeness (QED) is 0.823. The standard InChI is InChI=1S/C13H24N4S/c1-6-14-12-11(10(2)3)13(16-9-15-12)17(4)7-8-18-5/h9-10H,6-8H2,1-5H3,(H,14,15,16). The Balaban J connectivity index is 3.05. The highest BCUT2D eigenvalue weighted by atomic mass is 32.2. The number of aromatic nitrogens is 2. The highest BCUT2D eigenvalue weighted by molar-refractivity contribution is 7.98. The first kappa shape index (κ1) is 15.1. The molecule has 102 valence electrons. The molecule has 0 aromatic carbocycles. The Labute approximate surface area is 115 Å². The van der Waals surface area contributed by atoms with Gasteiger partial charge in [0.15, 0.2) is 0 Å². The zero-order chi connectivity index (χ0) is 13.5. The second kappa shape index (κ2) is 7.46. The minimum absolute atomic E-state index is 0.409. The van der Waals surface area contributed by atoms with E-state index in [1.807, 2.05) is 11.8 Å². The molecule has 0 aliphatic rings. The van der Waals surface area contributed by atoms with Crippen LogP contribution < -0.4 is 10.2 Å². The molecule has 18 heavy (non-hydrogen) atoms. The molecule has 4 nitrogen and oxygen atoms in total. The third kappa shape index (κ3) is 3.77. The summed E-state index contributed by atoms with van der Waals surface area (Å²) in [5, 5.41) is 3.33. The van der Waals surface area contributed by atoms with E-state index in [-0.39, 0.29) is 0 Å². The summed E-state index contributed by atoms with van der Waals surface area (Å²) in [6.07, 6.45) is 3.77. The van der Waals surface area contributed by atoms with Crippen molar-refractivity contribution in [3.63, 3.8) is 0 Å². The van der Waals surface area contributed by atoms with Crippen molar-refractivity contribution in [2.24, 2.45) is 0 Å². The fourth-order valence-electron chi connectivity index (χ4n) is 1.86. The maximum atomic E-state index is 4.46. The van der Waals surface area contributed by atoms with E-state index >= 15 is 0 Å². The number of rotatable bonds is 7. The summed E-state index contributed by atoms with van der Waals surface area (Å²) in [6.45, 7) is 8.34. The van der Waals surface area contributed by atoms with E-state index in [1.165, 1.54) is 5.56 Å². The molecule has 0 aliphatic heterocycles. The van der Waals surface area contributed by atoms with Crippen LogP contribution in [0.5, 0.6) is 0 Å². The van der Waals surface area contributed by atoms with Gasteiger partial charge in [0.1, 0.15) is 18.0 Å². The van der Waals surface area contributed by atoms with Crippen LogP contribution in [0.4, 0.5) is 11.6 Å². The summed E-state index contributed by atoms with van der Waals surface area (Å²) >= 11 is 1.85. The zero-order valence-corrected chi connectivity index (χ0v) is 12.8. The minimum Gasteiger partial charge on any atom is -0.370 e. The number of hydrogen-bond acceptors (Lipinski definition) is 5. The van der Waals surface area contributed by atoms with Gasteiger partial charge in [-0.1, -0.05) is 13.8 Å². The normalized spacial score (nSPS) is 10.8. The fraction of sp³-hybridized carbons (Fsp3) is 0.692. The molecule has 1 heterocycles. The second-order valence-corrected chi connectivity index (χ2v) is 5.54. The zero-order valence-electron chi connectivity index (χ0n) is 12.0. The van der Waals surface area contributed by atoms with Gasteiger partial charge in [-0.05, 0) is 19.1 Å². The molecule has 0 atom stereocenters. The van der Waals surface area contributed by atoms with Crippen molar-refractivity contribution < 1.29 is 0 Å². The van der Waals surface area contributed by atoms with E-state index in [2.05, 4.69) is 54.3 Å². The lowest BCUT2D eigenvalue weighted by molar-refractivity contribution is 0.820. The third-order valence-electron chi connectivity index (χ3n) is 2.78. The molecule has 0 amide bonds. The summed E-state index contributed by atoms with van der Waals surface area (Å²) in [4.78, 5) is 11.0. The Morgan fingerprint density at radius 1 is 1.39 bits per heavy atom. The Bertz CT molecular complexity index is 368. The minimum atomic E-state index is 0.409. The van der Waals surface area contributed by atoms with Crippen molar-refractivity contribution in [1.82, 2.24) is 9.97 Å². The van der Waals surface area contributed by atoms with E-state index in [0.29, 0.717) is 5.92 Å². The van der Waals surface area contributed by atoms with Crippen LogP contribution in [0.1, 0.15) is 32.3 Å². The second-order valence-electron chi connectivity index (χ2n) is 4.56. The van der Waals surface area contributed by atoms with Crippen molar-refractivity contribution in [2.75, 3.05) is 42.4 Å². The Hall–Kier alpha value is -0.970. The molecular formula is C13H24N4S. The van der Waals surface area contributed by atoms with Crippen LogP contribution in [-0.2, 0) is 0 Å². The highest BCUT2D eigenvalue weighted by Gasteiger charge is 2.17. The first-order chi connectivity index (χ1) is 8.61. The predicted octanol–water partition coefficient (Wildman–Crippen LogP) is 2.83. The van der Waals surface area contributed by atoms with Crippen molar-refractivity contribution in [1.29, 1.82) is 0 Å². The summed E-state index contributed by atoms with van der Waals surface area (Å²) in [6, 6.07) is 0. The highest BCUT2D eigenvalue weighted by Crippen LogP contribution is 2.30. The van der Waals surface area contributed by atoms with Crippen molar-refractivity contribution in [3.8, 4) is 0 Å². The van der Waals surface area contributed by atoms with Crippen LogP contribution in [0, 0.1) is 0 Å². The SMILES string of the molecule is CCNc1ncnc(N(C)CCSC)c1C(C)C. The van der Waals surface area contributed by atoms with Crippen LogP contribution in [0.25, 0.3) is 0 Å². The molecule has 1 aromatic rings. The average Bonchev–Trinajstić information content (AvgIpc) is 2.35. The van der Waals surface area contributed by atoms with Gasteiger partial charge in [-0.3, -0.25) is 0 Å². The molecule has 1 aromatic heterocycles. The predicted molar refractivity (Wildman–Crippen MR) is 81.9 cm³/mol. The largest absolute Gasteiger partial charge is 0.370 e. The summed E-state index contributed by atoms with van der Waals surface area (Å²) in [5.41, 5.74) is 1.21. The first-order valence-corrected chi connectivity index (χ1v) is 7.80. The number of nitrogens with zero attached hydrogens (tertiary/aromatic N) is 3. The number of hydrogen-bond donors (Lipinski definition) is 1. The smallest absolute Gasteiger partial charge is 0.137 e. The van der Waals surface area contributed by atoms with E-state index in [0.717, 1.165) is 30.5 Å². The molecule has 0 fully saturated rings. The van der Waals surface area contributed by atoms with E-state index in [1.54, 1.807) is 6.33 Å². The molecule has 0 spiro atoms. The third-order valence-corrected chi connectivity index (χ3v) is 3.37. The van der Waals surface area contributed by atoms with Gasteiger partial charge in [0, 0.05) is 31.5 Å². The van der Waals surface area contributed by atoms with E-state index < -0.39 is 0 Å². The van der Waals surface area contributed by atoms with Crippen LogP contribution >= 0.6 is 11.8 Å². The molecule has 0 saturated carbocycles. The van der Waals surface area contributed by atoms with Gasteiger partial charge in [0.05, 0.1) is 0 Å². The molecular weight excluding hydrogens is 244 g/mol. The van der Waals surface area contributed by atoms with E-state index in [9.17, 15) is 0 Å². The maximum absolute atomic E-state index is 4.46. The van der Waals surface area contributed by atoms with Crippen LogP contribution in [0.15, 0.2) is 6.33 Å². The number of nitrogens with one attached hydrogen (secondary N) is 1. The molecule has 1 rings (SSSR count). The van der Waals surface area contributed by atoms with Gasteiger partial charge in [-0.2, -0.15) is 11.8 Å². The Kier molecular flexibility index (Phi) is 6.25.